The van der Waals surface area contributed by atoms with Gasteiger partial charge in [-0.15, -0.1) is 23.2 Å². The molecular weight excluding hydrogens is 217 g/mol. The van der Waals surface area contributed by atoms with Crippen molar-refractivity contribution in [1.82, 2.24) is 0 Å². The summed E-state index contributed by atoms with van der Waals surface area (Å²) in [6, 6.07) is 5.55. The van der Waals surface area contributed by atoms with Gasteiger partial charge in [0.15, 0.2) is 5.75 Å². The third kappa shape index (κ3) is 4.55. The summed E-state index contributed by atoms with van der Waals surface area (Å²) < 4.78 is 0. The lowest BCUT2D eigenvalue weighted by Crippen LogP contribution is -1.86. The minimum absolute atomic E-state index is 0.194. The Labute approximate surface area is 84.9 Å². The van der Waals surface area contributed by atoms with E-state index in [9.17, 15) is 10.1 Å². The molecule has 0 amide bonds. The predicted octanol–water partition coefficient (Wildman–Crippen LogP) is 2.72. The van der Waals surface area contributed by atoms with E-state index in [4.69, 9.17) is 28.3 Å². The monoisotopic (exact) mass is 223 g/mol. The molecule has 0 saturated carbocycles. The van der Waals surface area contributed by atoms with E-state index in [0.29, 0.717) is 0 Å². The van der Waals surface area contributed by atoms with Gasteiger partial charge in [0.05, 0.1) is 10.3 Å². The fraction of sp³-hybridized carbons (Fsp3) is 0.143. The van der Waals surface area contributed by atoms with Gasteiger partial charge < -0.3 is 5.11 Å². The molecule has 0 aliphatic heterocycles. The number of rotatable bonds is 1. The summed E-state index contributed by atoms with van der Waals surface area (Å²) in [7, 11) is 0. The van der Waals surface area contributed by atoms with E-state index in [1.165, 1.54) is 24.3 Å². The van der Waals surface area contributed by atoms with Crippen molar-refractivity contribution in [2.24, 2.45) is 0 Å². The van der Waals surface area contributed by atoms with Gasteiger partial charge in [-0.2, -0.15) is 0 Å². The van der Waals surface area contributed by atoms with E-state index >= 15 is 0 Å². The lowest BCUT2D eigenvalue weighted by molar-refractivity contribution is -0.385. The molecule has 0 fully saturated rings. The van der Waals surface area contributed by atoms with Crippen LogP contribution >= 0.6 is 23.2 Å². The molecule has 0 heterocycles. The summed E-state index contributed by atoms with van der Waals surface area (Å²) >= 11 is 9.53. The Bertz CT molecular complexity index is 280. The van der Waals surface area contributed by atoms with Crippen LogP contribution in [0.15, 0.2) is 24.3 Å². The van der Waals surface area contributed by atoms with Crippen molar-refractivity contribution in [3.63, 3.8) is 0 Å². The average molecular weight is 224 g/mol. The van der Waals surface area contributed by atoms with E-state index in [1.54, 1.807) is 0 Å². The van der Waals surface area contributed by atoms with Crippen molar-refractivity contribution in [2.45, 2.75) is 0 Å². The molecule has 6 heteroatoms. The van der Waals surface area contributed by atoms with Crippen LogP contribution in [0.5, 0.6) is 5.75 Å². The van der Waals surface area contributed by atoms with Gasteiger partial charge in [0.2, 0.25) is 0 Å². The quantitative estimate of drug-likeness (QED) is 0.453. The van der Waals surface area contributed by atoms with Crippen molar-refractivity contribution in [2.75, 3.05) is 5.34 Å². The van der Waals surface area contributed by atoms with Crippen molar-refractivity contribution in [1.29, 1.82) is 0 Å². The van der Waals surface area contributed by atoms with E-state index in [2.05, 4.69) is 0 Å². The number of alkyl halides is 2. The summed E-state index contributed by atoms with van der Waals surface area (Å²) in [5.41, 5.74) is -0.262. The van der Waals surface area contributed by atoms with Gasteiger partial charge in [-0.1, -0.05) is 12.1 Å². The number of halogens is 2. The molecule has 0 aliphatic carbocycles. The van der Waals surface area contributed by atoms with Gasteiger partial charge in [-0.3, -0.25) is 10.1 Å². The molecule has 0 aromatic heterocycles. The Morgan fingerprint density at radius 3 is 2.15 bits per heavy atom. The Morgan fingerprint density at radius 2 is 1.85 bits per heavy atom. The number of nitro groups is 1. The number of para-hydroxylation sites is 2. The number of aromatic hydroxyl groups is 1. The molecule has 0 radical (unpaired) electrons. The zero-order valence-electron chi connectivity index (χ0n) is 6.48. The summed E-state index contributed by atoms with van der Waals surface area (Å²) in [6.45, 7) is 0. The average Bonchev–Trinajstić information content (AvgIpc) is 2.06. The first-order valence-corrected chi connectivity index (χ1v) is 4.24. The topological polar surface area (TPSA) is 63.4 Å². The van der Waals surface area contributed by atoms with E-state index in [0.717, 1.165) is 0 Å². The van der Waals surface area contributed by atoms with Crippen molar-refractivity contribution in [3.8, 4) is 5.75 Å². The first-order valence-electron chi connectivity index (χ1n) is 3.17. The summed E-state index contributed by atoms with van der Waals surface area (Å²) in [5.74, 6) is -0.299. The Hall–Kier alpha value is -1.00. The van der Waals surface area contributed by atoms with Crippen molar-refractivity contribution in [3.05, 3.63) is 34.4 Å². The highest BCUT2D eigenvalue weighted by atomic mass is 35.5. The van der Waals surface area contributed by atoms with Crippen LogP contribution in [0.2, 0.25) is 0 Å². The largest absolute Gasteiger partial charge is 0.502 e. The molecule has 13 heavy (non-hydrogen) atoms. The molecule has 1 N–H and O–H groups in total. The molecule has 0 spiro atoms. The van der Waals surface area contributed by atoms with E-state index in [1.807, 2.05) is 0 Å². The van der Waals surface area contributed by atoms with E-state index in [-0.39, 0.29) is 16.8 Å². The minimum atomic E-state index is -0.630. The molecule has 0 saturated heterocycles. The van der Waals surface area contributed by atoms with Gasteiger partial charge in [0, 0.05) is 6.07 Å². The van der Waals surface area contributed by atoms with Crippen LogP contribution in [0.25, 0.3) is 0 Å². The summed E-state index contributed by atoms with van der Waals surface area (Å²) in [4.78, 5) is 9.44. The van der Waals surface area contributed by atoms with Gasteiger partial charge in [0.1, 0.15) is 0 Å². The number of phenolic OH excluding ortho intramolecular Hbond substituents is 1. The van der Waals surface area contributed by atoms with Crippen LogP contribution in [-0.2, 0) is 0 Å². The Kier molecular flexibility index (Phi) is 6.01. The number of nitro benzene ring substituents is 1. The molecule has 0 bridgehead atoms. The fourth-order valence-corrected chi connectivity index (χ4v) is 0.619. The van der Waals surface area contributed by atoms with Crippen LogP contribution < -0.4 is 0 Å². The van der Waals surface area contributed by atoms with E-state index < -0.39 is 4.92 Å². The molecule has 0 atom stereocenters. The fourth-order valence-electron chi connectivity index (χ4n) is 0.619. The second-order valence-electron chi connectivity index (χ2n) is 1.85. The first-order chi connectivity index (χ1) is 6.13. The Balaban J connectivity index is 0.000000424. The van der Waals surface area contributed by atoms with Crippen LogP contribution in [0.3, 0.4) is 0 Å². The van der Waals surface area contributed by atoms with Crippen molar-refractivity contribution < 1.29 is 10.0 Å². The number of hydrogen-bond acceptors (Lipinski definition) is 3. The number of nitrogens with zero attached hydrogens (tertiary/aromatic N) is 1. The molecular formula is C7H7Cl2NO3. The number of hydrogen-bond donors (Lipinski definition) is 1. The number of phenols is 1. The highest BCUT2D eigenvalue weighted by Crippen LogP contribution is 2.23. The predicted molar refractivity (Wildman–Crippen MR) is 51.3 cm³/mol. The van der Waals surface area contributed by atoms with Crippen LogP contribution in [0.1, 0.15) is 0 Å². The van der Waals surface area contributed by atoms with Gasteiger partial charge in [0.25, 0.3) is 0 Å². The SMILES string of the molecule is ClCCl.O=[N+]([O-])c1ccccc1O. The van der Waals surface area contributed by atoms with Crippen molar-refractivity contribution >= 4 is 28.9 Å². The minimum Gasteiger partial charge on any atom is -0.502 e. The second kappa shape index (κ2) is 6.51. The van der Waals surface area contributed by atoms with Gasteiger partial charge in [-0.25, -0.2) is 0 Å². The molecule has 1 aromatic carbocycles. The highest BCUT2D eigenvalue weighted by molar-refractivity contribution is 6.40. The van der Waals surface area contributed by atoms with Crippen LogP contribution in [-0.4, -0.2) is 15.4 Å². The zero-order chi connectivity index (χ0) is 10.3. The standard InChI is InChI=1S/C6H5NO3.CH2Cl2/c8-6-4-2-1-3-5(6)7(9)10;2-1-3/h1-4,8H;1H2. The molecule has 0 aliphatic rings. The third-order valence-corrected chi connectivity index (χ3v) is 1.08. The second-order valence-corrected chi connectivity index (χ2v) is 2.65. The summed E-state index contributed by atoms with van der Waals surface area (Å²) in [5, 5.41) is 19.1. The maximum absolute atomic E-state index is 10.1. The molecule has 0 unspecified atom stereocenters. The Morgan fingerprint density at radius 1 is 1.38 bits per heavy atom. The van der Waals surface area contributed by atoms with Crippen LogP contribution in [0.4, 0.5) is 5.69 Å². The molecule has 1 rings (SSSR count). The molecule has 4 nitrogen and oxygen atoms in total. The maximum Gasteiger partial charge on any atom is 0.310 e. The third-order valence-electron chi connectivity index (χ3n) is 1.08. The lowest BCUT2D eigenvalue weighted by Gasteiger charge is -1.91. The maximum atomic E-state index is 10.1. The lowest BCUT2D eigenvalue weighted by atomic mass is 10.3. The normalized spacial score (nSPS) is 8.46. The first kappa shape index (κ1) is 12.0. The zero-order valence-corrected chi connectivity index (χ0v) is 8.00. The van der Waals surface area contributed by atoms with Gasteiger partial charge in [-0.05, 0) is 6.07 Å². The molecule has 1 aromatic rings. The smallest absolute Gasteiger partial charge is 0.310 e. The highest BCUT2D eigenvalue weighted by Gasteiger charge is 2.09. The van der Waals surface area contributed by atoms with Gasteiger partial charge >= 0.3 is 5.69 Å². The number of benzene rings is 1. The van der Waals surface area contributed by atoms with Crippen LogP contribution in [0, 0.1) is 10.1 Å². The summed E-state index contributed by atoms with van der Waals surface area (Å²) in [6.07, 6.45) is 0. The molecule has 72 valence electrons.